The van der Waals surface area contributed by atoms with E-state index in [0.717, 1.165) is 0 Å². The van der Waals surface area contributed by atoms with E-state index in [1.54, 1.807) is 8.68 Å². The normalized spacial score (nSPS) is 12.5. The maximum atomic E-state index is 2.50. The maximum absolute atomic E-state index is 2.50. The molecule has 6 rings (SSSR count). The second kappa shape index (κ2) is 13.7. The van der Waals surface area contributed by atoms with E-state index in [-0.39, 0.29) is 0 Å². The Morgan fingerprint density at radius 1 is 0.326 bits per heavy atom. The van der Waals surface area contributed by atoms with Crippen LogP contribution >= 0.6 is 34.0 Å². The van der Waals surface area contributed by atoms with Gasteiger partial charge in [0.15, 0.2) is 0 Å². The molecule has 0 fully saturated rings. The van der Waals surface area contributed by atoms with Gasteiger partial charge in [0.1, 0.15) is 0 Å². The molecule has 0 unspecified atom stereocenters. The van der Waals surface area contributed by atoms with Gasteiger partial charge in [0.25, 0.3) is 0 Å². The van der Waals surface area contributed by atoms with Crippen molar-refractivity contribution in [1.82, 2.24) is 0 Å². The molecule has 0 aliphatic heterocycles. The molecule has 3 aromatic heterocycles. The zero-order chi connectivity index (χ0) is 32.9. The van der Waals surface area contributed by atoms with Crippen LogP contribution in [0, 0.1) is 0 Å². The molecule has 0 aliphatic rings. The van der Waals surface area contributed by atoms with E-state index in [1.807, 2.05) is 34.0 Å². The molecule has 7 heteroatoms. The summed E-state index contributed by atoms with van der Waals surface area (Å²) in [6, 6.07) is 41.7. The van der Waals surface area contributed by atoms with Gasteiger partial charge in [-0.05, 0) is 0 Å². The van der Waals surface area contributed by atoms with Gasteiger partial charge in [0.05, 0.1) is 0 Å². The first-order chi connectivity index (χ1) is 21.7. The van der Waals surface area contributed by atoms with Crippen molar-refractivity contribution in [1.29, 1.82) is 0 Å². The second-order valence-corrected chi connectivity index (χ2v) is 64.7. The molecule has 0 radical (unpaired) electrons. The number of anilines is 3. The predicted octanol–water partition coefficient (Wildman–Crippen LogP) is 12.0. The Morgan fingerprint density at radius 3 is 0.761 bits per heavy atom. The van der Waals surface area contributed by atoms with Crippen molar-refractivity contribution in [2.75, 3.05) is 4.90 Å². The molecule has 0 aliphatic carbocycles. The van der Waals surface area contributed by atoms with Crippen LogP contribution in [0.3, 0.4) is 0 Å². The van der Waals surface area contributed by atoms with Gasteiger partial charge in [-0.3, -0.25) is 0 Å². The van der Waals surface area contributed by atoms with E-state index in [9.17, 15) is 0 Å². The summed E-state index contributed by atoms with van der Waals surface area (Å²) in [6.07, 6.45) is 0. The van der Waals surface area contributed by atoms with E-state index in [0.29, 0.717) is 0 Å². The Hall–Kier alpha value is -1.04. The summed E-state index contributed by atoms with van der Waals surface area (Å²) >= 11 is -0.258. The topological polar surface area (TPSA) is 3.24 Å². The van der Waals surface area contributed by atoms with E-state index >= 15 is 0 Å². The van der Waals surface area contributed by atoms with Crippen molar-refractivity contribution in [2.45, 2.75) is 44.5 Å². The standard InChI is InChI=1S/C30H18NS3.9CH3.3Sn/c1-4-28(32-19-1)22-7-13-25(14-8-22)31(26-15-9-23(10-16-26)29-5-2-20-33-29)27-17-11-24(12-18-27)30-6-3-21-34-30;;;;;;;;;;;;/h1-18H;9*1H3;;;. The molecule has 1 nitrogen and oxygen atoms in total. The summed E-state index contributed by atoms with van der Waals surface area (Å²) in [6.45, 7) is 0. The van der Waals surface area contributed by atoms with E-state index in [1.165, 1.54) is 48.4 Å². The quantitative estimate of drug-likeness (QED) is 0.131. The molecule has 0 saturated heterocycles. The first kappa shape index (κ1) is 34.8. The zero-order valence-corrected chi connectivity index (χ0v) is 39.6. The fourth-order valence-corrected chi connectivity index (χ4v) is 24.4. The number of hydrogen-bond acceptors (Lipinski definition) is 4. The third-order valence-corrected chi connectivity index (χ3v) is 40.1. The summed E-state index contributed by atoms with van der Waals surface area (Å²) in [5.74, 6) is 0. The molecule has 3 heterocycles. The number of benzene rings is 3. The third kappa shape index (κ3) is 7.88. The van der Waals surface area contributed by atoms with Gasteiger partial charge >= 0.3 is 305 Å². The summed E-state index contributed by atoms with van der Waals surface area (Å²) < 4.78 is 4.88. The first-order valence-corrected chi connectivity index (χ1v) is 48.5. The van der Waals surface area contributed by atoms with Crippen LogP contribution in [-0.4, -0.2) is 55.1 Å². The van der Waals surface area contributed by atoms with Crippen molar-refractivity contribution in [3.63, 3.8) is 0 Å². The van der Waals surface area contributed by atoms with Crippen LogP contribution in [-0.2, 0) is 0 Å². The Labute approximate surface area is 301 Å². The van der Waals surface area contributed by atoms with Crippen molar-refractivity contribution in [3.8, 4) is 31.3 Å². The second-order valence-electron chi connectivity index (χ2n) is 15.2. The Kier molecular flexibility index (Phi) is 10.4. The van der Waals surface area contributed by atoms with Crippen LogP contribution in [0.25, 0.3) is 31.3 Å². The van der Waals surface area contributed by atoms with E-state index < -0.39 is 55.1 Å². The molecule has 0 saturated carbocycles. The van der Waals surface area contributed by atoms with Crippen LogP contribution in [0.5, 0.6) is 0 Å². The van der Waals surface area contributed by atoms with Crippen molar-refractivity contribution in [2.24, 2.45) is 0 Å². The summed E-state index contributed by atoms with van der Waals surface area (Å²) in [4.78, 5) is 29.0. The Morgan fingerprint density at radius 2 is 0.565 bits per heavy atom. The fourth-order valence-electron chi connectivity index (χ4n) is 5.46. The molecule has 0 atom stereocenters. The molecule has 46 heavy (non-hydrogen) atoms. The predicted molar refractivity (Wildman–Crippen MR) is 220 cm³/mol. The van der Waals surface area contributed by atoms with Gasteiger partial charge < -0.3 is 0 Å². The van der Waals surface area contributed by atoms with E-state index in [2.05, 4.69) is 159 Å². The SMILES string of the molecule is [CH3][Sn]([CH3])([CH3])[c]1ccc(-c2ccc(N(c3ccc(-c4cc[c]([Sn]([CH3])([CH3])[CH3])s4)cc3)c3ccc(-c4cc[c]([Sn]([CH3])([CH3])[CH3])s4)cc3)cc2)s1. The van der Waals surface area contributed by atoms with Crippen LogP contribution in [0.1, 0.15) is 0 Å². The van der Waals surface area contributed by atoms with Crippen molar-refractivity contribution < 1.29 is 0 Å². The fraction of sp³-hybridized carbons (Fsp3) is 0.231. The van der Waals surface area contributed by atoms with E-state index in [4.69, 9.17) is 0 Å². The summed E-state index contributed by atoms with van der Waals surface area (Å²) in [7, 11) is 0. The molecule has 236 valence electrons. The average Bonchev–Trinajstić information content (AvgIpc) is 3.79. The molecule has 0 spiro atoms. The van der Waals surface area contributed by atoms with Gasteiger partial charge in [0.2, 0.25) is 0 Å². The van der Waals surface area contributed by atoms with Gasteiger partial charge in [-0.15, -0.1) is 0 Å². The number of hydrogen-bond donors (Lipinski definition) is 0. The van der Waals surface area contributed by atoms with Gasteiger partial charge in [-0.2, -0.15) is 0 Å². The molecule has 3 aromatic carbocycles. The van der Waals surface area contributed by atoms with Gasteiger partial charge in [-0.1, -0.05) is 0 Å². The monoisotopic (exact) mass is 983 g/mol. The van der Waals surface area contributed by atoms with Gasteiger partial charge in [0, 0.05) is 0 Å². The number of nitrogens with zero attached hydrogens (tertiary/aromatic N) is 1. The molecule has 0 bridgehead atoms. The minimum atomic E-state index is -2.08. The summed E-state index contributed by atoms with van der Waals surface area (Å²) in [5, 5.41) is 0. The first-order valence-electron chi connectivity index (χ1n) is 16.1. The van der Waals surface area contributed by atoms with Crippen molar-refractivity contribution in [3.05, 3.63) is 109 Å². The molecule has 0 amide bonds. The van der Waals surface area contributed by atoms with Crippen LogP contribution in [0.4, 0.5) is 17.1 Å². The van der Waals surface area contributed by atoms with Crippen LogP contribution in [0.15, 0.2) is 109 Å². The number of thiophene rings is 3. The molecular weight excluding hydrogens is 935 g/mol. The zero-order valence-electron chi connectivity index (χ0n) is 28.6. The molecule has 6 aromatic rings. The van der Waals surface area contributed by atoms with Crippen LogP contribution in [0.2, 0.25) is 44.5 Å². The van der Waals surface area contributed by atoms with Crippen molar-refractivity contribution >= 4 is 115 Å². The van der Waals surface area contributed by atoms with Gasteiger partial charge in [-0.25, -0.2) is 0 Å². The number of rotatable bonds is 9. The molecule has 0 N–H and O–H groups in total. The Balaban J connectivity index is 1.35. The molecular formula is C39H45NS3Sn3. The summed E-state index contributed by atoms with van der Waals surface area (Å²) in [5.41, 5.74) is 7.44. The average molecular weight is 980 g/mol. The van der Waals surface area contributed by atoms with Crippen LogP contribution < -0.4 is 13.6 Å². The third-order valence-electron chi connectivity index (χ3n) is 8.27. The minimum absolute atomic E-state index is 1.18. The Bertz CT molecular complexity index is 1700.